The predicted octanol–water partition coefficient (Wildman–Crippen LogP) is 5.52. The highest BCUT2D eigenvalue weighted by Crippen LogP contribution is 2.29. The van der Waals surface area contributed by atoms with Crippen LogP contribution in [0.15, 0.2) is 73.2 Å². The number of nitrogens with zero attached hydrogens (tertiary/aromatic N) is 1. The van der Waals surface area contributed by atoms with E-state index in [0.717, 1.165) is 41.2 Å². The number of halogens is 1. The lowest BCUT2D eigenvalue weighted by atomic mass is 10.0. The summed E-state index contributed by atoms with van der Waals surface area (Å²) >= 11 is 6.34. The maximum absolute atomic E-state index is 12.9. The molecule has 0 radical (unpaired) electrons. The second-order valence-electron chi connectivity index (χ2n) is 7.27. The molecule has 160 valence electrons. The summed E-state index contributed by atoms with van der Waals surface area (Å²) in [4.78, 5) is 17.2. The molecular formula is C25H27ClN4O. The van der Waals surface area contributed by atoms with Gasteiger partial charge in [-0.05, 0) is 60.9 Å². The molecule has 1 heterocycles. The van der Waals surface area contributed by atoms with Gasteiger partial charge in [0.05, 0.1) is 16.5 Å². The average molecular weight is 435 g/mol. The molecule has 6 heteroatoms. The van der Waals surface area contributed by atoms with Gasteiger partial charge in [-0.3, -0.25) is 9.78 Å². The minimum atomic E-state index is -0.166. The number of aromatic nitrogens is 1. The third kappa shape index (κ3) is 6.09. The molecule has 3 aromatic rings. The number of hydrogen-bond donors (Lipinski definition) is 3. The Morgan fingerprint density at radius 1 is 1.10 bits per heavy atom. The Bertz CT molecular complexity index is 1070. The van der Waals surface area contributed by atoms with Crippen molar-refractivity contribution in [1.29, 1.82) is 0 Å². The number of benzene rings is 2. The fraction of sp³-hybridized carbons (Fsp3) is 0.200. The first-order valence-corrected chi connectivity index (χ1v) is 10.6. The van der Waals surface area contributed by atoms with Crippen molar-refractivity contribution in [3.05, 3.63) is 94.9 Å². The van der Waals surface area contributed by atoms with Gasteiger partial charge in [0.25, 0.3) is 5.91 Å². The molecule has 31 heavy (non-hydrogen) atoms. The lowest BCUT2D eigenvalue weighted by Gasteiger charge is -2.13. The highest BCUT2D eigenvalue weighted by Gasteiger charge is 2.12. The zero-order valence-corrected chi connectivity index (χ0v) is 18.6. The number of pyridine rings is 1. The van der Waals surface area contributed by atoms with Gasteiger partial charge < -0.3 is 16.0 Å². The van der Waals surface area contributed by atoms with Crippen LogP contribution in [0.2, 0.25) is 5.02 Å². The van der Waals surface area contributed by atoms with E-state index in [-0.39, 0.29) is 5.91 Å². The number of hydrogen-bond acceptors (Lipinski definition) is 4. The Hall–Kier alpha value is -3.31. The maximum Gasteiger partial charge on any atom is 0.255 e. The third-order valence-corrected chi connectivity index (χ3v) is 5.12. The molecule has 0 spiro atoms. The molecular weight excluding hydrogens is 408 g/mol. The highest BCUT2D eigenvalue weighted by molar-refractivity contribution is 6.33. The number of amides is 1. The lowest BCUT2D eigenvalue weighted by molar-refractivity contribution is 0.102. The van der Waals surface area contributed by atoms with Crippen LogP contribution in [0.4, 0.5) is 5.69 Å². The SMILES string of the molecule is C=C(NCCC)NCc1ccc(C(=O)Nc2ccc(Cl)c(-c3ccccn3)c2)c(C)c1. The van der Waals surface area contributed by atoms with E-state index >= 15 is 0 Å². The minimum absolute atomic E-state index is 0.166. The molecule has 3 N–H and O–H groups in total. The number of anilines is 1. The quantitative estimate of drug-likeness (QED) is 0.414. The lowest BCUT2D eigenvalue weighted by Crippen LogP contribution is -2.25. The minimum Gasteiger partial charge on any atom is -0.372 e. The van der Waals surface area contributed by atoms with Crippen molar-refractivity contribution < 1.29 is 4.79 Å². The maximum atomic E-state index is 12.9. The second-order valence-corrected chi connectivity index (χ2v) is 7.68. The van der Waals surface area contributed by atoms with E-state index in [9.17, 15) is 4.79 Å². The molecule has 0 saturated carbocycles. The fourth-order valence-corrected chi connectivity index (χ4v) is 3.37. The van der Waals surface area contributed by atoms with Gasteiger partial charge >= 0.3 is 0 Å². The van der Waals surface area contributed by atoms with E-state index in [2.05, 4.69) is 34.4 Å². The fourth-order valence-electron chi connectivity index (χ4n) is 3.16. The van der Waals surface area contributed by atoms with Gasteiger partial charge in [-0.1, -0.05) is 43.3 Å². The molecule has 0 aliphatic rings. The first kappa shape index (κ1) is 22.4. The molecule has 0 aliphatic heterocycles. The average Bonchev–Trinajstić information content (AvgIpc) is 2.78. The van der Waals surface area contributed by atoms with Crippen molar-refractivity contribution in [2.75, 3.05) is 11.9 Å². The topological polar surface area (TPSA) is 66.0 Å². The summed E-state index contributed by atoms with van der Waals surface area (Å²) in [5.41, 5.74) is 4.81. The van der Waals surface area contributed by atoms with Gasteiger partial charge in [0.2, 0.25) is 0 Å². The van der Waals surface area contributed by atoms with Gasteiger partial charge in [-0.25, -0.2) is 0 Å². The highest BCUT2D eigenvalue weighted by atomic mass is 35.5. The summed E-state index contributed by atoms with van der Waals surface area (Å²) in [6.45, 7) is 9.53. The number of nitrogens with one attached hydrogen (secondary N) is 3. The van der Waals surface area contributed by atoms with E-state index < -0.39 is 0 Å². The summed E-state index contributed by atoms with van der Waals surface area (Å²) in [6, 6.07) is 16.8. The zero-order valence-electron chi connectivity index (χ0n) is 17.8. The number of rotatable bonds is 9. The molecule has 0 aliphatic carbocycles. The van der Waals surface area contributed by atoms with E-state index in [1.165, 1.54) is 0 Å². The van der Waals surface area contributed by atoms with E-state index in [4.69, 9.17) is 11.6 Å². The standard InChI is InChI=1S/C25H27ClN4O/c1-4-12-27-18(3)29-16-19-8-10-21(17(2)14-19)25(31)30-20-9-11-23(26)22(15-20)24-7-5-6-13-28-24/h5-11,13-15,27,29H,3-4,12,16H2,1-2H3,(H,30,31). The Balaban J connectivity index is 1.69. The molecule has 2 aromatic carbocycles. The third-order valence-electron chi connectivity index (χ3n) is 4.79. The van der Waals surface area contributed by atoms with Gasteiger partial charge in [0, 0.05) is 36.1 Å². The van der Waals surface area contributed by atoms with Crippen LogP contribution in [0.25, 0.3) is 11.3 Å². The predicted molar refractivity (Wildman–Crippen MR) is 128 cm³/mol. The molecule has 5 nitrogen and oxygen atoms in total. The second kappa shape index (κ2) is 10.6. The van der Waals surface area contributed by atoms with Crippen LogP contribution in [0.3, 0.4) is 0 Å². The Labute approximate surface area is 188 Å². The molecule has 3 rings (SSSR count). The van der Waals surface area contributed by atoms with Crippen LogP contribution < -0.4 is 16.0 Å². The Kier molecular flexibility index (Phi) is 7.68. The van der Waals surface area contributed by atoms with Gasteiger partial charge in [0.1, 0.15) is 0 Å². The molecule has 0 atom stereocenters. The normalized spacial score (nSPS) is 10.4. The van der Waals surface area contributed by atoms with Crippen molar-refractivity contribution in [2.45, 2.75) is 26.8 Å². The van der Waals surface area contributed by atoms with Crippen LogP contribution in [-0.2, 0) is 6.54 Å². The summed E-state index contributed by atoms with van der Waals surface area (Å²) in [5, 5.41) is 10.0. The van der Waals surface area contributed by atoms with Crippen LogP contribution >= 0.6 is 11.6 Å². The van der Waals surface area contributed by atoms with Crippen molar-refractivity contribution in [3.8, 4) is 11.3 Å². The van der Waals surface area contributed by atoms with Crippen LogP contribution in [0, 0.1) is 6.92 Å². The summed E-state index contributed by atoms with van der Waals surface area (Å²) in [5.74, 6) is 0.632. The molecule has 0 bridgehead atoms. The summed E-state index contributed by atoms with van der Waals surface area (Å²) in [7, 11) is 0. The summed E-state index contributed by atoms with van der Waals surface area (Å²) < 4.78 is 0. The van der Waals surface area contributed by atoms with Crippen molar-refractivity contribution in [1.82, 2.24) is 15.6 Å². The van der Waals surface area contributed by atoms with Crippen LogP contribution in [-0.4, -0.2) is 17.4 Å². The largest absolute Gasteiger partial charge is 0.372 e. The smallest absolute Gasteiger partial charge is 0.255 e. The first-order chi connectivity index (χ1) is 15.0. The molecule has 1 amide bonds. The number of carbonyl (C=O) groups is 1. The van der Waals surface area contributed by atoms with Crippen molar-refractivity contribution >= 4 is 23.2 Å². The van der Waals surface area contributed by atoms with Crippen LogP contribution in [0.5, 0.6) is 0 Å². The van der Waals surface area contributed by atoms with Gasteiger partial charge in [-0.15, -0.1) is 0 Å². The van der Waals surface area contributed by atoms with Crippen molar-refractivity contribution in [3.63, 3.8) is 0 Å². The number of aryl methyl sites for hydroxylation is 1. The summed E-state index contributed by atoms with van der Waals surface area (Å²) in [6.07, 6.45) is 2.76. The van der Waals surface area contributed by atoms with Gasteiger partial charge in [-0.2, -0.15) is 0 Å². The monoisotopic (exact) mass is 434 g/mol. The van der Waals surface area contributed by atoms with E-state index in [0.29, 0.717) is 22.8 Å². The number of carbonyl (C=O) groups excluding carboxylic acids is 1. The Morgan fingerprint density at radius 3 is 2.65 bits per heavy atom. The Morgan fingerprint density at radius 2 is 1.94 bits per heavy atom. The molecule has 0 fully saturated rings. The van der Waals surface area contributed by atoms with Crippen LogP contribution in [0.1, 0.15) is 34.8 Å². The molecule has 0 unspecified atom stereocenters. The van der Waals surface area contributed by atoms with Crippen molar-refractivity contribution in [2.24, 2.45) is 0 Å². The van der Waals surface area contributed by atoms with E-state index in [1.807, 2.05) is 49.4 Å². The molecule has 0 saturated heterocycles. The van der Waals surface area contributed by atoms with Gasteiger partial charge in [0.15, 0.2) is 0 Å². The first-order valence-electron chi connectivity index (χ1n) is 10.3. The zero-order chi connectivity index (χ0) is 22.2. The van der Waals surface area contributed by atoms with E-state index in [1.54, 1.807) is 18.3 Å². The molecule has 1 aromatic heterocycles.